The number of carbonyl (C=O) groups is 1. The molecule has 0 aliphatic heterocycles. The van der Waals surface area contributed by atoms with Gasteiger partial charge in [0.05, 0.1) is 23.2 Å². The standard InChI is InChI=1S/C11H6F3NO2.C11H8F3NO/c12-11(13,14)9-5-7(10(16)17)6-3-1-2-4-8(6)15-9;12-11(13,14)10-5-7(6-16)8-3-1-2-4-9(8)15-10/h1-5H,(H,16,17);1-5,16H,6H2. The molecule has 0 amide bonds. The third-order valence-corrected chi connectivity index (χ3v) is 4.50. The van der Waals surface area contributed by atoms with E-state index >= 15 is 0 Å². The number of pyridine rings is 2. The number of benzene rings is 2. The van der Waals surface area contributed by atoms with E-state index in [0.717, 1.165) is 6.07 Å². The van der Waals surface area contributed by atoms with E-state index in [2.05, 4.69) is 9.97 Å². The van der Waals surface area contributed by atoms with Crippen LogP contribution in [0.1, 0.15) is 27.3 Å². The van der Waals surface area contributed by atoms with E-state index in [0.29, 0.717) is 11.5 Å². The smallest absolute Gasteiger partial charge is 0.433 e. The molecule has 2 aromatic carbocycles. The van der Waals surface area contributed by atoms with Crippen molar-refractivity contribution in [1.29, 1.82) is 0 Å². The Balaban J connectivity index is 0.000000186. The van der Waals surface area contributed by atoms with E-state index in [1.165, 1.54) is 24.3 Å². The predicted octanol–water partition coefficient (Wildman–Crippen LogP) is 5.70. The number of rotatable bonds is 2. The molecule has 0 radical (unpaired) electrons. The van der Waals surface area contributed by atoms with Gasteiger partial charge in [0.25, 0.3) is 0 Å². The van der Waals surface area contributed by atoms with Gasteiger partial charge < -0.3 is 10.2 Å². The van der Waals surface area contributed by atoms with Crippen LogP contribution in [0.4, 0.5) is 26.3 Å². The first-order valence-electron chi connectivity index (χ1n) is 9.19. The molecular weight excluding hydrogens is 454 g/mol. The zero-order valence-corrected chi connectivity index (χ0v) is 16.4. The van der Waals surface area contributed by atoms with Gasteiger partial charge in [-0.25, -0.2) is 14.8 Å². The molecule has 2 aromatic heterocycles. The number of aliphatic hydroxyl groups is 1. The van der Waals surface area contributed by atoms with Gasteiger partial charge in [0.1, 0.15) is 11.4 Å². The first kappa shape index (κ1) is 23.9. The molecular formula is C22H14F6N2O3. The number of alkyl halides is 6. The van der Waals surface area contributed by atoms with Crippen molar-refractivity contribution in [1.82, 2.24) is 9.97 Å². The molecule has 0 aliphatic rings. The van der Waals surface area contributed by atoms with Gasteiger partial charge in [0.15, 0.2) is 0 Å². The molecule has 2 N–H and O–H groups in total. The fourth-order valence-electron chi connectivity index (χ4n) is 3.02. The Kier molecular flexibility index (Phi) is 6.54. The highest BCUT2D eigenvalue weighted by atomic mass is 19.4. The van der Waals surface area contributed by atoms with Crippen LogP contribution in [0.15, 0.2) is 60.7 Å². The average Bonchev–Trinajstić information content (AvgIpc) is 2.76. The van der Waals surface area contributed by atoms with E-state index < -0.39 is 41.9 Å². The number of para-hydroxylation sites is 2. The summed E-state index contributed by atoms with van der Waals surface area (Å²) < 4.78 is 75.0. The van der Waals surface area contributed by atoms with Crippen LogP contribution in [0.2, 0.25) is 0 Å². The molecule has 2 heterocycles. The van der Waals surface area contributed by atoms with Crippen molar-refractivity contribution >= 4 is 27.8 Å². The van der Waals surface area contributed by atoms with Crippen molar-refractivity contribution in [2.75, 3.05) is 0 Å². The minimum atomic E-state index is -4.66. The molecule has 0 saturated heterocycles. The van der Waals surface area contributed by atoms with Crippen LogP contribution < -0.4 is 0 Å². The Morgan fingerprint density at radius 3 is 1.70 bits per heavy atom. The highest BCUT2D eigenvalue weighted by Gasteiger charge is 2.34. The number of carboxylic acids is 1. The van der Waals surface area contributed by atoms with Gasteiger partial charge >= 0.3 is 18.3 Å². The lowest BCUT2D eigenvalue weighted by atomic mass is 10.1. The largest absolute Gasteiger partial charge is 0.478 e. The number of halogens is 6. The van der Waals surface area contributed by atoms with Crippen LogP contribution in [0, 0.1) is 0 Å². The minimum Gasteiger partial charge on any atom is -0.478 e. The maximum Gasteiger partial charge on any atom is 0.433 e. The van der Waals surface area contributed by atoms with Crippen molar-refractivity contribution in [2.45, 2.75) is 19.0 Å². The molecule has 0 spiro atoms. The summed E-state index contributed by atoms with van der Waals surface area (Å²) in [6.07, 6.45) is -9.15. The quantitative estimate of drug-likeness (QED) is 0.369. The number of carboxylic acid groups (broad SMARTS) is 1. The fraction of sp³-hybridized carbons (Fsp3) is 0.136. The van der Waals surface area contributed by atoms with Crippen LogP contribution in [0.3, 0.4) is 0 Å². The molecule has 4 rings (SSSR count). The van der Waals surface area contributed by atoms with Gasteiger partial charge in [-0.05, 0) is 29.8 Å². The third kappa shape index (κ3) is 5.37. The lowest BCUT2D eigenvalue weighted by Gasteiger charge is -2.09. The molecule has 0 atom stereocenters. The number of fused-ring (bicyclic) bond motifs is 2. The van der Waals surface area contributed by atoms with Gasteiger partial charge in [0, 0.05) is 10.8 Å². The summed E-state index contributed by atoms with van der Waals surface area (Å²) in [7, 11) is 0. The van der Waals surface area contributed by atoms with Crippen molar-refractivity contribution in [2.24, 2.45) is 0 Å². The molecule has 0 aliphatic carbocycles. The molecule has 0 unspecified atom stereocenters. The number of nitrogens with zero attached hydrogens (tertiary/aromatic N) is 2. The maximum absolute atomic E-state index is 12.5. The van der Waals surface area contributed by atoms with Crippen molar-refractivity contribution < 1.29 is 41.4 Å². The van der Waals surface area contributed by atoms with Crippen molar-refractivity contribution in [3.05, 3.63) is 83.2 Å². The van der Waals surface area contributed by atoms with Crippen LogP contribution >= 0.6 is 0 Å². The van der Waals surface area contributed by atoms with E-state index in [-0.39, 0.29) is 22.0 Å². The summed E-state index contributed by atoms with van der Waals surface area (Å²) >= 11 is 0. The summed E-state index contributed by atoms with van der Waals surface area (Å²) in [6, 6.07) is 13.7. The highest BCUT2D eigenvalue weighted by Crippen LogP contribution is 2.32. The molecule has 4 aromatic rings. The highest BCUT2D eigenvalue weighted by molar-refractivity contribution is 6.02. The van der Waals surface area contributed by atoms with E-state index in [9.17, 15) is 31.1 Å². The molecule has 5 nitrogen and oxygen atoms in total. The second-order valence-corrected chi connectivity index (χ2v) is 6.71. The van der Waals surface area contributed by atoms with Gasteiger partial charge in [-0.3, -0.25) is 0 Å². The molecule has 172 valence electrons. The zero-order valence-electron chi connectivity index (χ0n) is 16.4. The summed E-state index contributed by atoms with van der Waals surface area (Å²) in [5.41, 5.74) is -2.09. The van der Waals surface area contributed by atoms with Crippen molar-refractivity contribution in [3.63, 3.8) is 0 Å². The molecule has 0 fully saturated rings. The van der Waals surface area contributed by atoms with Crippen LogP contribution in [-0.2, 0) is 19.0 Å². The maximum atomic E-state index is 12.5. The lowest BCUT2D eigenvalue weighted by molar-refractivity contribution is -0.141. The zero-order chi connectivity index (χ0) is 24.4. The van der Waals surface area contributed by atoms with E-state index in [1.807, 2.05) is 0 Å². The van der Waals surface area contributed by atoms with Gasteiger partial charge in [0.2, 0.25) is 0 Å². The van der Waals surface area contributed by atoms with Crippen LogP contribution in [0.5, 0.6) is 0 Å². The number of aromatic nitrogens is 2. The Bertz CT molecular complexity index is 1320. The topological polar surface area (TPSA) is 83.3 Å². The molecule has 11 heteroatoms. The number of aromatic carboxylic acids is 1. The first-order chi connectivity index (χ1) is 15.4. The van der Waals surface area contributed by atoms with E-state index in [1.54, 1.807) is 24.3 Å². The van der Waals surface area contributed by atoms with Gasteiger partial charge in [-0.1, -0.05) is 36.4 Å². The number of hydrogen-bond donors (Lipinski definition) is 2. The summed E-state index contributed by atoms with van der Waals surface area (Å²) in [5.74, 6) is -1.41. The first-order valence-corrected chi connectivity index (χ1v) is 9.19. The fourth-order valence-corrected chi connectivity index (χ4v) is 3.02. The molecule has 33 heavy (non-hydrogen) atoms. The monoisotopic (exact) mass is 468 g/mol. The molecule has 0 saturated carbocycles. The normalized spacial score (nSPS) is 11.8. The van der Waals surface area contributed by atoms with Gasteiger partial charge in [-0.15, -0.1) is 0 Å². The SMILES string of the molecule is O=C(O)c1cc(C(F)(F)F)nc2ccccc12.OCc1cc(C(F)(F)F)nc2ccccc12. The summed E-state index contributed by atoms with van der Waals surface area (Å²) in [4.78, 5) is 17.8. The number of aliphatic hydroxyl groups excluding tert-OH is 1. The number of hydrogen-bond acceptors (Lipinski definition) is 4. The minimum absolute atomic E-state index is 0.0136. The third-order valence-electron chi connectivity index (χ3n) is 4.50. The Morgan fingerprint density at radius 2 is 1.21 bits per heavy atom. The second-order valence-electron chi connectivity index (χ2n) is 6.71. The predicted molar refractivity (Wildman–Crippen MR) is 106 cm³/mol. The lowest BCUT2D eigenvalue weighted by Crippen LogP contribution is -2.11. The Labute approximate surface area is 181 Å². The Morgan fingerprint density at radius 1 is 0.758 bits per heavy atom. The second kappa shape index (κ2) is 9.02. The Hall–Kier alpha value is -3.73. The van der Waals surface area contributed by atoms with Crippen molar-refractivity contribution in [3.8, 4) is 0 Å². The van der Waals surface area contributed by atoms with Crippen LogP contribution in [0.25, 0.3) is 21.8 Å². The summed E-state index contributed by atoms with van der Waals surface area (Å²) in [6.45, 7) is -0.438. The summed E-state index contributed by atoms with van der Waals surface area (Å²) in [5, 5.41) is 18.6. The van der Waals surface area contributed by atoms with Gasteiger partial charge in [-0.2, -0.15) is 26.3 Å². The van der Waals surface area contributed by atoms with E-state index in [4.69, 9.17) is 10.2 Å². The average molecular weight is 468 g/mol. The molecule has 0 bridgehead atoms. The van der Waals surface area contributed by atoms with Crippen LogP contribution in [-0.4, -0.2) is 26.2 Å².